The van der Waals surface area contributed by atoms with E-state index in [0.717, 1.165) is 6.07 Å². The second kappa shape index (κ2) is 3.64. The van der Waals surface area contributed by atoms with Crippen molar-refractivity contribution in [1.82, 2.24) is 0 Å². The maximum atomic E-state index is 12.9. The van der Waals surface area contributed by atoms with Crippen LogP contribution in [0.15, 0.2) is 10.5 Å². The van der Waals surface area contributed by atoms with E-state index in [2.05, 4.69) is 15.9 Å². The standard InChI is InChI=1S/C8H5BrClFO2/c1-3(12)6-5(13)2-4(11)8(10)7(6)9/h2,13H,1H3. The second-order valence-electron chi connectivity index (χ2n) is 2.44. The summed E-state index contributed by atoms with van der Waals surface area (Å²) in [5, 5.41) is 9.01. The topological polar surface area (TPSA) is 37.3 Å². The third kappa shape index (κ3) is 1.84. The van der Waals surface area contributed by atoms with Crippen LogP contribution in [0, 0.1) is 5.82 Å². The van der Waals surface area contributed by atoms with Gasteiger partial charge in [-0.2, -0.15) is 0 Å². The second-order valence-corrected chi connectivity index (χ2v) is 3.61. The minimum atomic E-state index is -0.768. The molecule has 0 fully saturated rings. The molecule has 13 heavy (non-hydrogen) atoms. The van der Waals surface area contributed by atoms with E-state index < -0.39 is 11.6 Å². The van der Waals surface area contributed by atoms with Gasteiger partial charge in [-0.05, 0) is 22.9 Å². The van der Waals surface area contributed by atoms with E-state index in [1.165, 1.54) is 6.92 Å². The van der Waals surface area contributed by atoms with Gasteiger partial charge in [0.1, 0.15) is 11.6 Å². The van der Waals surface area contributed by atoms with Crippen molar-refractivity contribution in [2.45, 2.75) is 6.92 Å². The summed E-state index contributed by atoms with van der Waals surface area (Å²) >= 11 is 8.44. The van der Waals surface area contributed by atoms with Crippen LogP contribution in [0.5, 0.6) is 5.75 Å². The summed E-state index contributed by atoms with van der Waals surface area (Å²) in [6.45, 7) is 1.26. The summed E-state index contributed by atoms with van der Waals surface area (Å²) in [5.41, 5.74) is -0.00796. The zero-order valence-corrected chi connectivity index (χ0v) is 8.91. The molecule has 0 heterocycles. The van der Waals surface area contributed by atoms with E-state index in [4.69, 9.17) is 11.6 Å². The fourth-order valence-corrected chi connectivity index (χ4v) is 1.74. The molecule has 0 aromatic heterocycles. The van der Waals surface area contributed by atoms with Crippen molar-refractivity contribution in [2.24, 2.45) is 0 Å². The zero-order valence-electron chi connectivity index (χ0n) is 6.57. The highest BCUT2D eigenvalue weighted by Gasteiger charge is 2.17. The van der Waals surface area contributed by atoms with Gasteiger partial charge < -0.3 is 5.11 Å². The number of carbonyl (C=O) groups excluding carboxylic acids is 1. The molecule has 1 N–H and O–H groups in total. The molecule has 0 unspecified atom stereocenters. The summed E-state index contributed by atoms with van der Waals surface area (Å²) in [7, 11) is 0. The Morgan fingerprint density at radius 3 is 2.69 bits per heavy atom. The minimum Gasteiger partial charge on any atom is -0.507 e. The van der Waals surface area contributed by atoms with Gasteiger partial charge in [0.15, 0.2) is 5.78 Å². The van der Waals surface area contributed by atoms with Crippen molar-refractivity contribution >= 4 is 33.3 Å². The molecule has 0 aliphatic rings. The Hall–Kier alpha value is -0.610. The van der Waals surface area contributed by atoms with Crippen LogP contribution in [0.4, 0.5) is 4.39 Å². The molecule has 0 saturated heterocycles. The van der Waals surface area contributed by atoms with E-state index in [0.29, 0.717) is 0 Å². The Bertz CT molecular complexity index is 379. The van der Waals surface area contributed by atoms with Crippen LogP contribution in [-0.4, -0.2) is 10.9 Å². The van der Waals surface area contributed by atoms with Crippen molar-refractivity contribution in [3.05, 3.63) is 26.9 Å². The van der Waals surface area contributed by atoms with Gasteiger partial charge in [0.2, 0.25) is 0 Å². The van der Waals surface area contributed by atoms with Crippen LogP contribution < -0.4 is 0 Å². The highest BCUT2D eigenvalue weighted by atomic mass is 79.9. The first-order chi connectivity index (χ1) is 5.95. The number of carbonyl (C=O) groups is 1. The van der Waals surface area contributed by atoms with Crippen LogP contribution in [0.1, 0.15) is 17.3 Å². The number of ketones is 1. The SMILES string of the molecule is CC(=O)c1c(O)cc(F)c(Cl)c1Br. The third-order valence-electron chi connectivity index (χ3n) is 1.49. The van der Waals surface area contributed by atoms with Crippen LogP contribution in [0.25, 0.3) is 0 Å². The van der Waals surface area contributed by atoms with Gasteiger partial charge in [0, 0.05) is 6.07 Å². The van der Waals surface area contributed by atoms with Crippen molar-refractivity contribution < 1.29 is 14.3 Å². The van der Waals surface area contributed by atoms with Crippen molar-refractivity contribution in [3.8, 4) is 5.75 Å². The molecule has 0 atom stereocenters. The molecule has 2 nitrogen and oxygen atoms in total. The van der Waals surface area contributed by atoms with Gasteiger partial charge in [-0.25, -0.2) is 4.39 Å². The van der Waals surface area contributed by atoms with E-state index in [9.17, 15) is 14.3 Å². The van der Waals surface area contributed by atoms with Gasteiger partial charge in [0.05, 0.1) is 15.1 Å². The Morgan fingerprint density at radius 2 is 2.23 bits per heavy atom. The largest absolute Gasteiger partial charge is 0.507 e. The van der Waals surface area contributed by atoms with Gasteiger partial charge >= 0.3 is 0 Å². The molecule has 5 heteroatoms. The van der Waals surface area contributed by atoms with Gasteiger partial charge in [0.25, 0.3) is 0 Å². The average Bonchev–Trinajstić information content (AvgIpc) is 1.99. The van der Waals surface area contributed by atoms with Crippen LogP contribution in [-0.2, 0) is 0 Å². The molecule has 1 aromatic carbocycles. The number of hydrogen-bond donors (Lipinski definition) is 1. The fraction of sp³-hybridized carbons (Fsp3) is 0.125. The highest BCUT2D eigenvalue weighted by Crippen LogP contribution is 2.35. The van der Waals surface area contributed by atoms with E-state index in [1.54, 1.807) is 0 Å². The predicted octanol–water partition coefficient (Wildman–Crippen LogP) is 3.15. The lowest BCUT2D eigenvalue weighted by atomic mass is 10.1. The lowest BCUT2D eigenvalue weighted by Gasteiger charge is -2.05. The van der Waals surface area contributed by atoms with E-state index in [-0.39, 0.29) is 20.8 Å². The molecule has 0 saturated carbocycles. The number of phenolic OH excluding ortho intramolecular Hbond substituents is 1. The number of phenols is 1. The van der Waals surface area contributed by atoms with Gasteiger partial charge in [-0.15, -0.1) is 0 Å². The molecular formula is C8H5BrClFO2. The Balaban J connectivity index is 3.53. The number of aromatic hydroxyl groups is 1. The summed E-state index contributed by atoms with van der Waals surface area (Å²) in [5.74, 6) is -1.57. The number of benzene rings is 1. The van der Waals surface area contributed by atoms with Crippen molar-refractivity contribution in [1.29, 1.82) is 0 Å². The smallest absolute Gasteiger partial charge is 0.164 e. The predicted molar refractivity (Wildman–Crippen MR) is 50.8 cm³/mol. The molecule has 0 spiro atoms. The monoisotopic (exact) mass is 266 g/mol. The van der Waals surface area contributed by atoms with E-state index >= 15 is 0 Å². The summed E-state index contributed by atoms with van der Waals surface area (Å²) in [6.07, 6.45) is 0. The minimum absolute atomic E-state index is 0.00796. The summed E-state index contributed by atoms with van der Waals surface area (Å²) in [4.78, 5) is 11.0. The fourth-order valence-electron chi connectivity index (χ4n) is 0.917. The molecule has 0 aliphatic carbocycles. The van der Waals surface area contributed by atoms with Crippen LogP contribution in [0.3, 0.4) is 0 Å². The molecule has 0 amide bonds. The molecule has 0 aliphatic heterocycles. The lowest BCUT2D eigenvalue weighted by Crippen LogP contribution is -1.96. The zero-order chi connectivity index (χ0) is 10.2. The summed E-state index contributed by atoms with van der Waals surface area (Å²) < 4.78 is 12.9. The number of hydrogen-bond acceptors (Lipinski definition) is 2. The molecule has 70 valence electrons. The third-order valence-corrected chi connectivity index (χ3v) is 2.88. The number of rotatable bonds is 1. The van der Waals surface area contributed by atoms with Crippen LogP contribution >= 0.6 is 27.5 Å². The van der Waals surface area contributed by atoms with Gasteiger partial charge in [-0.1, -0.05) is 11.6 Å². The van der Waals surface area contributed by atoms with Crippen LogP contribution in [0.2, 0.25) is 5.02 Å². The highest BCUT2D eigenvalue weighted by molar-refractivity contribution is 9.10. The Morgan fingerprint density at radius 1 is 1.69 bits per heavy atom. The first-order valence-electron chi connectivity index (χ1n) is 3.32. The normalized spacial score (nSPS) is 10.2. The van der Waals surface area contributed by atoms with E-state index in [1.807, 2.05) is 0 Å². The average molecular weight is 267 g/mol. The molecule has 1 aromatic rings. The van der Waals surface area contributed by atoms with Crippen molar-refractivity contribution in [2.75, 3.05) is 0 Å². The molecule has 0 bridgehead atoms. The maximum absolute atomic E-state index is 12.9. The van der Waals surface area contributed by atoms with Crippen molar-refractivity contribution in [3.63, 3.8) is 0 Å². The Labute approximate surface area is 87.5 Å². The maximum Gasteiger partial charge on any atom is 0.164 e. The quantitative estimate of drug-likeness (QED) is 0.627. The first-order valence-corrected chi connectivity index (χ1v) is 4.49. The number of Topliss-reactive ketones (excluding diaryl/α,β-unsaturated/α-hetero) is 1. The lowest BCUT2D eigenvalue weighted by molar-refractivity contribution is 0.101. The van der Waals surface area contributed by atoms with Gasteiger partial charge in [-0.3, -0.25) is 4.79 Å². The molecule has 0 radical (unpaired) electrons. The number of halogens is 3. The molecule has 1 rings (SSSR count). The Kier molecular flexibility index (Phi) is 2.93. The first kappa shape index (κ1) is 10.5. The summed E-state index contributed by atoms with van der Waals surface area (Å²) in [6, 6.07) is 0.809. The molecular weight excluding hydrogens is 262 g/mol.